The first-order valence-electron chi connectivity index (χ1n) is 8.25. The number of carbonyl (C=O) groups excluding carboxylic acids is 1. The Morgan fingerprint density at radius 1 is 0.960 bits per heavy atom. The van der Waals surface area contributed by atoms with Crippen molar-refractivity contribution in [1.29, 1.82) is 0 Å². The number of carbonyl (C=O) groups is 1. The highest BCUT2D eigenvalue weighted by molar-refractivity contribution is 5.89. The average molecular weight is 338 g/mol. The predicted octanol–water partition coefficient (Wildman–Crippen LogP) is 4.63. The molecule has 4 nitrogen and oxygen atoms in total. The van der Waals surface area contributed by atoms with E-state index in [2.05, 4.69) is 6.58 Å². The molecule has 0 spiro atoms. The van der Waals surface area contributed by atoms with Gasteiger partial charge in [0, 0.05) is 0 Å². The molecular formula is C21H22O4. The van der Waals surface area contributed by atoms with Crippen LogP contribution >= 0.6 is 0 Å². The summed E-state index contributed by atoms with van der Waals surface area (Å²) in [6.07, 6.45) is 1.49. The molecule has 0 N–H and O–H groups in total. The van der Waals surface area contributed by atoms with E-state index in [0.717, 1.165) is 35.3 Å². The van der Waals surface area contributed by atoms with Crippen LogP contribution in [0, 0.1) is 0 Å². The van der Waals surface area contributed by atoms with Crippen LogP contribution < -0.4 is 4.74 Å². The van der Waals surface area contributed by atoms with Gasteiger partial charge in [-0.2, -0.15) is 0 Å². The summed E-state index contributed by atoms with van der Waals surface area (Å²) in [4.78, 5) is 11.6. The fraction of sp³-hybridized carbons (Fsp3) is 0.286. The molecule has 1 saturated heterocycles. The summed E-state index contributed by atoms with van der Waals surface area (Å²) < 4.78 is 16.3. The maximum absolute atomic E-state index is 11.6. The zero-order chi connectivity index (χ0) is 17.8. The van der Waals surface area contributed by atoms with Gasteiger partial charge in [0.05, 0.1) is 32.0 Å². The molecule has 0 saturated carbocycles. The average Bonchev–Trinajstić information content (AvgIpc) is 2.67. The second-order valence-corrected chi connectivity index (χ2v) is 6.16. The standard InChI is InChI=1S/C21H22O4/c1-14-12-19(15-4-6-17(7-5-15)21(22)24-3)25-20(13-14)16-8-10-18(23-2)11-9-16/h4-11,19-20H,1,12-13H2,2-3H3/t19-,20+/m0/s1. The van der Waals surface area contributed by atoms with E-state index in [-0.39, 0.29) is 18.2 Å². The minimum atomic E-state index is -0.336. The second-order valence-electron chi connectivity index (χ2n) is 6.16. The van der Waals surface area contributed by atoms with Crippen molar-refractivity contribution in [3.63, 3.8) is 0 Å². The quantitative estimate of drug-likeness (QED) is 0.602. The Kier molecular flexibility index (Phi) is 5.19. The fourth-order valence-electron chi connectivity index (χ4n) is 3.07. The first-order chi connectivity index (χ1) is 12.1. The van der Waals surface area contributed by atoms with Crippen LogP contribution in [0.15, 0.2) is 60.7 Å². The summed E-state index contributed by atoms with van der Waals surface area (Å²) >= 11 is 0. The topological polar surface area (TPSA) is 44.8 Å². The number of ether oxygens (including phenoxy) is 3. The van der Waals surface area contributed by atoms with Gasteiger partial charge in [-0.1, -0.05) is 36.4 Å². The largest absolute Gasteiger partial charge is 0.497 e. The van der Waals surface area contributed by atoms with Gasteiger partial charge >= 0.3 is 5.97 Å². The van der Waals surface area contributed by atoms with Gasteiger partial charge in [0.1, 0.15) is 5.75 Å². The molecule has 2 aromatic rings. The zero-order valence-corrected chi connectivity index (χ0v) is 14.5. The first kappa shape index (κ1) is 17.2. The Morgan fingerprint density at radius 3 is 1.96 bits per heavy atom. The fourth-order valence-corrected chi connectivity index (χ4v) is 3.07. The lowest BCUT2D eigenvalue weighted by molar-refractivity contribution is -0.0345. The molecule has 2 atom stereocenters. The van der Waals surface area contributed by atoms with Crippen molar-refractivity contribution in [3.8, 4) is 5.75 Å². The van der Waals surface area contributed by atoms with E-state index in [1.807, 2.05) is 36.4 Å². The van der Waals surface area contributed by atoms with Crippen molar-refractivity contribution < 1.29 is 19.0 Å². The Balaban J connectivity index is 1.77. The van der Waals surface area contributed by atoms with Crippen LogP contribution in [-0.2, 0) is 9.47 Å². The van der Waals surface area contributed by atoms with Crippen LogP contribution in [-0.4, -0.2) is 20.2 Å². The molecule has 0 unspecified atom stereocenters. The molecule has 4 heteroatoms. The SMILES string of the molecule is C=C1C[C@@H](c2ccc(C(=O)OC)cc2)O[C@@H](c2ccc(OC)cc2)C1. The molecule has 0 amide bonds. The molecule has 0 bridgehead atoms. The van der Waals surface area contributed by atoms with E-state index in [1.54, 1.807) is 19.2 Å². The molecular weight excluding hydrogens is 316 g/mol. The molecule has 1 aliphatic heterocycles. The molecule has 3 rings (SSSR count). The summed E-state index contributed by atoms with van der Waals surface area (Å²) in [5.41, 5.74) is 3.84. The van der Waals surface area contributed by atoms with E-state index in [1.165, 1.54) is 7.11 Å². The highest BCUT2D eigenvalue weighted by Gasteiger charge is 2.27. The van der Waals surface area contributed by atoms with Crippen LogP contribution in [0.5, 0.6) is 5.75 Å². The predicted molar refractivity (Wildman–Crippen MR) is 95.7 cm³/mol. The molecule has 2 aromatic carbocycles. The lowest BCUT2D eigenvalue weighted by Gasteiger charge is -2.32. The lowest BCUT2D eigenvalue weighted by Crippen LogP contribution is -2.18. The maximum Gasteiger partial charge on any atom is 0.337 e. The number of hydrogen-bond donors (Lipinski definition) is 0. The Morgan fingerprint density at radius 2 is 1.48 bits per heavy atom. The molecule has 0 aliphatic carbocycles. The van der Waals surface area contributed by atoms with Gasteiger partial charge in [0.25, 0.3) is 0 Å². The highest BCUT2D eigenvalue weighted by atomic mass is 16.5. The molecule has 1 fully saturated rings. The van der Waals surface area contributed by atoms with Crippen molar-refractivity contribution in [1.82, 2.24) is 0 Å². The van der Waals surface area contributed by atoms with E-state index in [4.69, 9.17) is 14.2 Å². The van der Waals surface area contributed by atoms with Gasteiger partial charge in [-0.25, -0.2) is 4.79 Å². The summed E-state index contributed by atoms with van der Waals surface area (Å²) in [6.45, 7) is 4.18. The number of hydrogen-bond acceptors (Lipinski definition) is 4. The molecule has 0 aromatic heterocycles. The molecule has 25 heavy (non-hydrogen) atoms. The third-order valence-electron chi connectivity index (χ3n) is 4.47. The van der Waals surface area contributed by atoms with Gasteiger partial charge in [-0.15, -0.1) is 0 Å². The van der Waals surface area contributed by atoms with E-state index < -0.39 is 0 Å². The van der Waals surface area contributed by atoms with Gasteiger partial charge in [0.15, 0.2) is 0 Å². The third kappa shape index (κ3) is 3.91. The Hall–Kier alpha value is -2.59. The van der Waals surface area contributed by atoms with Crippen LogP contribution in [0.25, 0.3) is 0 Å². The van der Waals surface area contributed by atoms with Crippen LogP contribution in [0.2, 0.25) is 0 Å². The van der Waals surface area contributed by atoms with E-state index in [0.29, 0.717) is 5.56 Å². The first-order valence-corrected chi connectivity index (χ1v) is 8.25. The van der Waals surface area contributed by atoms with Gasteiger partial charge < -0.3 is 14.2 Å². The smallest absolute Gasteiger partial charge is 0.337 e. The summed E-state index contributed by atoms with van der Waals surface area (Å²) in [6, 6.07) is 15.3. The number of methoxy groups -OCH3 is 2. The zero-order valence-electron chi connectivity index (χ0n) is 14.5. The van der Waals surface area contributed by atoms with Crippen molar-refractivity contribution in [2.45, 2.75) is 25.0 Å². The van der Waals surface area contributed by atoms with Crippen molar-refractivity contribution in [2.75, 3.05) is 14.2 Å². The van der Waals surface area contributed by atoms with Crippen molar-refractivity contribution >= 4 is 5.97 Å². The second kappa shape index (κ2) is 7.53. The van der Waals surface area contributed by atoms with Gasteiger partial charge in [-0.05, 0) is 48.2 Å². The van der Waals surface area contributed by atoms with Crippen molar-refractivity contribution in [3.05, 3.63) is 77.4 Å². The molecule has 0 radical (unpaired) electrons. The minimum absolute atomic E-state index is 0.0301. The number of benzene rings is 2. The van der Waals surface area contributed by atoms with Crippen molar-refractivity contribution in [2.24, 2.45) is 0 Å². The maximum atomic E-state index is 11.6. The summed E-state index contributed by atoms with van der Waals surface area (Å²) in [7, 11) is 3.03. The molecule has 130 valence electrons. The van der Waals surface area contributed by atoms with E-state index in [9.17, 15) is 4.79 Å². The van der Waals surface area contributed by atoms with Crippen LogP contribution in [0.3, 0.4) is 0 Å². The highest BCUT2D eigenvalue weighted by Crippen LogP contribution is 2.41. The monoisotopic (exact) mass is 338 g/mol. The minimum Gasteiger partial charge on any atom is -0.497 e. The lowest BCUT2D eigenvalue weighted by atomic mass is 9.91. The summed E-state index contributed by atoms with van der Waals surface area (Å²) in [5, 5.41) is 0. The number of esters is 1. The molecule has 1 aliphatic rings. The van der Waals surface area contributed by atoms with E-state index >= 15 is 0 Å². The number of rotatable bonds is 4. The Labute approximate surface area is 148 Å². The third-order valence-corrected chi connectivity index (χ3v) is 4.47. The van der Waals surface area contributed by atoms with Gasteiger partial charge in [0.2, 0.25) is 0 Å². The summed E-state index contributed by atoms with van der Waals surface area (Å²) in [5.74, 6) is 0.491. The Bertz CT molecular complexity index is 746. The van der Waals surface area contributed by atoms with Gasteiger partial charge in [-0.3, -0.25) is 0 Å². The van der Waals surface area contributed by atoms with Crippen LogP contribution in [0.4, 0.5) is 0 Å². The molecule has 1 heterocycles. The van der Waals surface area contributed by atoms with Crippen LogP contribution in [0.1, 0.15) is 46.5 Å². The normalized spacial score (nSPS) is 20.2.